The fourth-order valence-corrected chi connectivity index (χ4v) is 2.44. The number of hydrogen-bond acceptors (Lipinski definition) is 6. The zero-order chi connectivity index (χ0) is 15.2. The summed E-state index contributed by atoms with van der Waals surface area (Å²) in [6.07, 6.45) is 1.77. The lowest BCUT2D eigenvalue weighted by Gasteiger charge is -2.11. The van der Waals surface area contributed by atoms with Gasteiger partial charge in [0.05, 0.1) is 11.4 Å². The van der Waals surface area contributed by atoms with Crippen molar-refractivity contribution in [1.82, 2.24) is 10.2 Å². The first kappa shape index (κ1) is 16.3. The largest absolute Gasteiger partial charge is 0.367 e. The molecule has 3 N–H and O–H groups in total. The van der Waals surface area contributed by atoms with Crippen LogP contribution in [0, 0.1) is 11.3 Å². The van der Waals surface area contributed by atoms with E-state index in [4.69, 9.17) is 5.14 Å². The van der Waals surface area contributed by atoms with Crippen LogP contribution in [0.2, 0.25) is 0 Å². The van der Waals surface area contributed by atoms with Crippen LogP contribution in [0.4, 0.5) is 5.82 Å². The van der Waals surface area contributed by atoms with E-state index in [-0.39, 0.29) is 5.75 Å². The van der Waals surface area contributed by atoms with Gasteiger partial charge in [0.1, 0.15) is 11.6 Å². The third-order valence-corrected chi connectivity index (χ3v) is 3.71. The molecule has 110 valence electrons. The maximum absolute atomic E-state index is 10.8. The summed E-state index contributed by atoms with van der Waals surface area (Å²) >= 11 is 0. The second kappa shape index (κ2) is 7.17. The van der Waals surface area contributed by atoms with Crippen molar-refractivity contribution in [3.8, 4) is 6.07 Å². The number of nitrogens with zero attached hydrogens (tertiary/aromatic N) is 3. The Kier molecular flexibility index (Phi) is 5.85. The second-order valence-corrected chi connectivity index (χ2v) is 6.05. The van der Waals surface area contributed by atoms with Crippen LogP contribution < -0.4 is 10.5 Å². The summed E-state index contributed by atoms with van der Waals surface area (Å²) in [6, 6.07) is 2.14. The van der Waals surface area contributed by atoms with Crippen LogP contribution in [0.3, 0.4) is 0 Å². The molecule has 1 rings (SSSR count). The molecule has 0 aromatic carbocycles. The van der Waals surface area contributed by atoms with E-state index in [0.717, 1.165) is 17.7 Å². The monoisotopic (exact) mass is 297 g/mol. The number of rotatable bonds is 7. The number of anilines is 1. The van der Waals surface area contributed by atoms with Crippen molar-refractivity contribution in [2.45, 2.75) is 33.1 Å². The summed E-state index contributed by atoms with van der Waals surface area (Å²) in [5.74, 6) is 0.291. The van der Waals surface area contributed by atoms with Gasteiger partial charge >= 0.3 is 0 Å². The molecule has 0 unspecified atom stereocenters. The number of nitriles is 1. The molecule has 1 heterocycles. The molecule has 0 amide bonds. The zero-order valence-corrected chi connectivity index (χ0v) is 12.5. The summed E-state index contributed by atoms with van der Waals surface area (Å²) in [6.45, 7) is 4.29. The number of nitrogens with two attached hydrogens (primary N) is 1. The number of hydrogen-bond donors (Lipinski definition) is 2. The summed E-state index contributed by atoms with van der Waals surface area (Å²) in [7, 11) is -3.46. The molecule has 0 spiro atoms. The van der Waals surface area contributed by atoms with Crippen LogP contribution in [0.5, 0.6) is 0 Å². The van der Waals surface area contributed by atoms with Crippen LogP contribution in [-0.2, 0) is 22.9 Å². The number of primary sulfonamides is 1. The minimum Gasteiger partial charge on any atom is -0.367 e. The summed E-state index contributed by atoms with van der Waals surface area (Å²) in [5, 5.41) is 25.2. The van der Waals surface area contributed by atoms with Gasteiger partial charge in [-0.3, -0.25) is 0 Å². The average molecular weight is 297 g/mol. The normalized spacial score (nSPS) is 11.1. The topological polar surface area (TPSA) is 122 Å². The van der Waals surface area contributed by atoms with Crippen molar-refractivity contribution in [3.63, 3.8) is 0 Å². The SMILES string of the molecule is CCc1nnc(NCCCS(N)(=O)=O)c(C#N)c1CC. The molecule has 1 aromatic rings. The molecule has 1 aromatic heterocycles. The molecule has 0 atom stereocenters. The van der Waals surface area contributed by atoms with Crippen molar-refractivity contribution < 1.29 is 8.42 Å². The highest BCUT2D eigenvalue weighted by Crippen LogP contribution is 2.19. The van der Waals surface area contributed by atoms with Crippen molar-refractivity contribution in [2.24, 2.45) is 5.14 Å². The molecule has 0 saturated carbocycles. The van der Waals surface area contributed by atoms with Crippen molar-refractivity contribution in [1.29, 1.82) is 5.26 Å². The summed E-state index contributed by atoms with van der Waals surface area (Å²) < 4.78 is 21.6. The third kappa shape index (κ3) is 4.43. The smallest absolute Gasteiger partial charge is 0.209 e. The Bertz CT molecular complexity index is 607. The average Bonchev–Trinajstić information content (AvgIpc) is 2.41. The van der Waals surface area contributed by atoms with Crippen molar-refractivity contribution in [2.75, 3.05) is 17.6 Å². The molecule has 0 aliphatic rings. The van der Waals surface area contributed by atoms with E-state index in [9.17, 15) is 13.7 Å². The van der Waals surface area contributed by atoms with Crippen LogP contribution in [0.15, 0.2) is 0 Å². The van der Waals surface area contributed by atoms with Gasteiger partial charge in [-0.05, 0) is 24.8 Å². The molecular formula is C12H19N5O2S. The highest BCUT2D eigenvalue weighted by atomic mass is 32.2. The first-order valence-corrected chi connectivity index (χ1v) is 8.17. The lowest BCUT2D eigenvalue weighted by Crippen LogP contribution is -2.19. The van der Waals surface area contributed by atoms with Gasteiger partial charge in [-0.1, -0.05) is 13.8 Å². The van der Waals surface area contributed by atoms with Gasteiger partial charge < -0.3 is 5.32 Å². The van der Waals surface area contributed by atoms with Crippen molar-refractivity contribution >= 4 is 15.8 Å². The standard InChI is InChI=1S/C12H19N5O2S/c1-3-9-10(8-13)12(17-16-11(9)4-2)15-6-5-7-20(14,18)19/h3-7H2,1-2H3,(H,15,17)(H2,14,18,19). The maximum Gasteiger partial charge on any atom is 0.209 e. The van der Waals surface area contributed by atoms with Crippen molar-refractivity contribution in [3.05, 3.63) is 16.8 Å². The molecule has 0 aliphatic heterocycles. The fourth-order valence-electron chi connectivity index (χ4n) is 1.90. The second-order valence-electron chi connectivity index (χ2n) is 4.32. The van der Waals surface area contributed by atoms with Gasteiger partial charge in [0.25, 0.3) is 0 Å². The highest BCUT2D eigenvalue weighted by molar-refractivity contribution is 7.89. The molecule has 0 aliphatic carbocycles. The molecule has 0 radical (unpaired) electrons. The number of nitrogens with one attached hydrogen (secondary N) is 1. The lowest BCUT2D eigenvalue weighted by atomic mass is 10.0. The highest BCUT2D eigenvalue weighted by Gasteiger charge is 2.14. The molecule has 0 bridgehead atoms. The van der Waals surface area contributed by atoms with Gasteiger partial charge in [0.2, 0.25) is 10.0 Å². The first-order chi connectivity index (χ1) is 9.42. The molecule has 7 nitrogen and oxygen atoms in total. The Morgan fingerprint density at radius 1 is 1.30 bits per heavy atom. The summed E-state index contributed by atoms with van der Waals surface area (Å²) in [4.78, 5) is 0. The Balaban J connectivity index is 2.83. The predicted octanol–water partition coefficient (Wildman–Crippen LogP) is 0.564. The Hall–Kier alpha value is -1.72. The van der Waals surface area contributed by atoms with Crippen LogP contribution in [0.25, 0.3) is 0 Å². The lowest BCUT2D eigenvalue weighted by molar-refractivity contribution is 0.595. The van der Waals surface area contributed by atoms with Gasteiger partial charge in [-0.2, -0.15) is 10.4 Å². The quantitative estimate of drug-likeness (QED) is 0.709. The number of aryl methyl sites for hydroxylation is 1. The van der Waals surface area contributed by atoms with E-state index in [1.54, 1.807) is 0 Å². The fraction of sp³-hybridized carbons (Fsp3) is 0.583. The molecule has 8 heteroatoms. The minimum atomic E-state index is -3.46. The molecule has 0 fully saturated rings. The van der Waals surface area contributed by atoms with Crippen LogP contribution in [-0.4, -0.2) is 30.9 Å². The van der Waals surface area contributed by atoms with Crippen LogP contribution in [0.1, 0.15) is 37.1 Å². The van der Waals surface area contributed by atoms with Gasteiger partial charge in [0, 0.05) is 6.54 Å². The van der Waals surface area contributed by atoms with E-state index >= 15 is 0 Å². The van der Waals surface area contributed by atoms with Gasteiger partial charge in [0.15, 0.2) is 5.82 Å². The van der Waals surface area contributed by atoms with E-state index in [0.29, 0.717) is 30.8 Å². The first-order valence-electron chi connectivity index (χ1n) is 6.45. The number of sulfonamides is 1. The summed E-state index contributed by atoms with van der Waals surface area (Å²) in [5.41, 5.74) is 2.19. The van der Waals surface area contributed by atoms with Crippen LogP contribution >= 0.6 is 0 Å². The number of aromatic nitrogens is 2. The molecule has 20 heavy (non-hydrogen) atoms. The van der Waals surface area contributed by atoms with Gasteiger partial charge in [-0.25, -0.2) is 13.6 Å². The molecular weight excluding hydrogens is 278 g/mol. The van der Waals surface area contributed by atoms with E-state index in [1.165, 1.54) is 0 Å². The molecule has 0 saturated heterocycles. The van der Waals surface area contributed by atoms with E-state index < -0.39 is 10.0 Å². The minimum absolute atomic E-state index is 0.108. The maximum atomic E-state index is 10.8. The van der Waals surface area contributed by atoms with Gasteiger partial charge in [-0.15, -0.1) is 5.10 Å². The Labute approximate surface area is 119 Å². The van der Waals surface area contributed by atoms with E-state index in [1.807, 2.05) is 13.8 Å². The predicted molar refractivity (Wildman–Crippen MR) is 76.6 cm³/mol. The third-order valence-electron chi connectivity index (χ3n) is 2.86. The Morgan fingerprint density at radius 3 is 2.50 bits per heavy atom. The van der Waals surface area contributed by atoms with E-state index in [2.05, 4.69) is 21.6 Å². The zero-order valence-electron chi connectivity index (χ0n) is 11.7. The Morgan fingerprint density at radius 2 is 2.00 bits per heavy atom.